The topological polar surface area (TPSA) is 38.3 Å². The fourth-order valence-corrected chi connectivity index (χ4v) is 1.95. The van der Waals surface area contributed by atoms with Crippen LogP contribution in [0.15, 0.2) is 24.3 Å². The molecule has 0 heterocycles. The molecule has 18 heavy (non-hydrogen) atoms. The van der Waals surface area contributed by atoms with Gasteiger partial charge in [0.25, 0.3) is 0 Å². The van der Waals surface area contributed by atoms with Crippen LogP contribution in [0.4, 0.5) is 0 Å². The van der Waals surface area contributed by atoms with Crippen molar-refractivity contribution < 1.29 is 9.53 Å². The van der Waals surface area contributed by atoms with Gasteiger partial charge in [0.2, 0.25) is 5.91 Å². The Labute approximate surface area is 110 Å². The fourth-order valence-electron chi connectivity index (χ4n) is 1.95. The molecule has 100 valence electrons. The minimum atomic E-state index is 0.0876. The highest BCUT2D eigenvalue weighted by atomic mass is 16.5. The fraction of sp³-hybridized carbons (Fsp3) is 0.533. The van der Waals surface area contributed by atoms with E-state index in [1.54, 1.807) is 7.11 Å². The van der Waals surface area contributed by atoms with E-state index in [1.165, 1.54) is 0 Å². The summed E-state index contributed by atoms with van der Waals surface area (Å²) in [5.41, 5.74) is 2.25. The number of rotatable bonds is 7. The van der Waals surface area contributed by atoms with Crippen LogP contribution >= 0.6 is 0 Å². The first-order valence-electron chi connectivity index (χ1n) is 6.52. The van der Waals surface area contributed by atoms with Crippen LogP contribution in [0.1, 0.15) is 37.8 Å². The summed E-state index contributed by atoms with van der Waals surface area (Å²) in [6.07, 6.45) is 1.97. The lowest BCUT2D eigenvalue weighted by molar-refractivity contribution is -0.124. The summed E-state index contributed by atoms with van der Waals surface area (Å²) in [5.74, 6) is 0.216. The maximum atomic E-state index is 11.8. The van der Waals surface area contributed by atoms with Crippen molar-refractivity contribution in [3.63, 3.8) is 0 Å². The Morgan fingerprint density at radius 3 is 2.61 bits per heavy atom. The highest BCUT2D eigenvalue weighted by molar-refractivity contribution is 5.78. The third-order valence-electron chi connectivity index (χ3n) is 3.04. The van der Waals surface area contributed by atoms with Gasteiger partial charge in [0.05, 0.1) is 6.61 Å². The van der Waals surface area contributed by atoms with E-state index in [-0.39, 0.29) is 11.8 Å². The van der Waals surface area contributed by atoms with E-state index >= 15 is 0 Å². The van der Waals surface area contributed by atoms with Crippen molar-refractivity contribution in [1.29, 1.82) is 0 Å². The predicted molar refractivity (Wildman–Crippen MR) is 73.1 cm³/mol. The number of nitrogens with one attached hydrogen (secondary N) is 1. The van der Waals surface area contributed by atoms with Gasteiger partial charge in [-0.25, -0.2) is 0 Å². The maximum Gasteiger partial charge on any atom is 0.223 e. The van der Waals surface area contributed by atoms with Crippen LogP contribution in [0.25, 0.3) is 0 Å². The van der Waals surface area contributed by atoms with Gasteiger partial charge in [0, 0.05) is 19.6 Å². The SMILES string of the molecule is CCCC(C)C(=O)NCc1ccccc1COC. The van der Waals surface area contributed by atoms with E-state index in [0.717, 1.165) is 24.0 Å². The number of ether oxygens (including phenoxy) is 1. The summed E-state index contributed by atoms with van der Waals surface area (Å²) in [7, 11) is 1.68. The van der Waals surface area contributed by atoms with Crippen molar-refractivity contribution in [2.45, 2.75) is 39.8 Å². The molecule has 0 aliphatic rings. The molecule has 0 radical (unpaired) electrons. The zero-order valence-corrected chi connectivity index (χ0v) is 11.5. The smallest absolute Gasteiger partial charge is 0.223 e. The maximum absolute atomic E-state index is 11.8. The van der Waals surface area contributed by atoms with E-state index < -0.39 is 0 Å². The highest BCUT2D eigenvalue weighted by Crippen LogP contribution is 2.11. The Morgan fingerprint density at radius 2 is 2.00 bits per heavy atom. The second kappa shape index (κ2) is 7.88. The molecule has 0 fully saturated rings. The third-order valence-corrected chi connectivity index (χ3v) is 3.04. The van der Waals surface area contributed by atoms with Crippen molar-refractivity contribution >= 4 is 5.91 Å². The molecule has 1 atom stereocenters. The molecule has 1 rings (SSSR count). The minimum Gasteiger partial charge on any atom is -0.380 e. The third kappa shape index (κ3) is 4.49. The standard InChI is InChI=1S/C15H23NO2/c1-4-7-12(2)15(17)16-10-13-8-5-6-9-14(13)11-18-3/h5-6,8-9,12H,4,7,10-11H2,1-3H3,(H,16,17). The van der Waals surface area contributed by atoms with Crippen molar-refractivity contribution in [1.82, 2.24) is 5.32 Å². The Kier molecular flexibility index (Phi) is 6.44. The number of carbonyl (C=O) groups excluding carboxylic acids is 1. The number of methoxy groups -OCH3 is 1. The Balaban J connectivity index is 2.55. The number of benzene rings is 1. The monoisotopic (exact) mass is 249 g/mol. The van der Waals surface area contributed by atoms with Crippen LogP contribution in [-0.2, 0) is 22.7 Å². The van der Waals surface area contributed by atoms with Gasteiger partial charge in [-0.1, -0.05) is 44.5 Å². The van der Waals surface area contributed by atoms with Crippen molar-refractivity contribution in [2.75, 3.05) is 7.11 Å². The number of hydrogen-bond donors (Lipinski definition) is 1. The van der Waals surface area contributed by atoms with E-state index in [1.807, 2.05) is 31.2 Å². The van der Waals surface area contributed by atoms with Crippen LogP contribution in [0, 0.1) is 5.92 Å². The lowest BCUT2D eigenvalue weighted by atomic mass is 10.0. The molecule has 1 amide bonds. The summed E-state index contributed by atoms with van der Waals surface area (Å²) in [6.45, 7) is 5.22. The molecule has 0 bridgehead atoms. The average molecular weight is 249 g/mol. The lowest BCUT2D eigenvalue weighted by Gasteiger charge is -2.13. The van der Waals surface area contributed by atoms with Crippen LogP contribution in [-0.4, -0.2) is 13.0 Å². The summed E-state index contributed by atoms with van der Waals surface area (Å²) >= 11 is 0. The molecular weight excluding hydrogens is 226 g/mol. The van der Waals surface area contributed by atoms with E-state index in [9.17, 15) is 4.79 Å². The van der Waals surface area contributed by atoms with Crippen LogP contribution < -0.4 is 5.32 Å². The van der Waals surface area contributed by atoms with Gasteiger partial charge < -0.3 is 10.1 Å². The molecule has 1 aromatic carbocycles. The molecule has 0 spiro atoms. The average Bonchev–Trinajstić information content (AvgIpc) is 2.38. The normalized spacial score (nSPS) is 12.2. The molecule has 0 aromatic heterocycles. The zero-order chi connectivity index (χ0) is 13.4. The predicted octanol–water partition coefficient (Wildman–Crippen LogP) is 2.89. The van der Waals surface area contributed by atoms with E-state index in [0.29, 0.717) is 13.2 Å². The second-order valence-electron chi connectivity index (χ2n) is 4.61. The lowest BCUT2D eigenvalue weighted by Crippen LogP contribution is -2.29. The summed E-state index contributed by atoms with van der Waals surface area (Å²) in [5, 5.41) is 2.99. The molecule has 1 N–H and O–H groups in total. The van der Waals surface area contributed by atoms with Crippen LogP contribution in [0.5, 0.6) is 0 Å². The van der Waals surface area contributed by atoms with Crippen molar-refractivity contribution in [2.24, 2.45) is 5.92 Å². The Bertz CT molecular complexity index is 377. The number of carbonyl (C=O) groups is 1. The molecule has 1 unspecified atom stereocenters. The van der Waals surface area contributed by atoms with E-state index in [4.69, 9.17) is 4.74 Å². The molecule has 0 aliphatic heterocycles. The molecule has 0 aliphatic carbocycles. The van der Waals surface area contributed by atoms with Gasteiger partial charge in [0.1, 0.15) is 0 Å². The number of amides is 1. The Morgan fingerprint density at radius 1 is 1.33 bits per heavy atom. The van der Waals surface area contributed by atoms with Gasteiger partial charge in [-0.15, -0.1) is 0 Å². The quantitative estimate of drug-likeness (QED) is 0.807. The first kappa shape index (κ1) is 14.7. The number of hydrogen-bond acceptors (Lipinski definition) is 2. The first-order chi connectivity index (χ1) is 8.69. The van der Waals surface area contributed by atoms with Gasteiger partial charge in [-0.05, 0) is 17.5 Å². The molecule has 0 saturated carbocycles. The van der Waals surface area contributed by atoms with Gasteiger partial charge in [-0.2, -0.15) is 0 Å². The van der Waals surface area contributed by atoms with E-state index in [2.05, 4.69) is 12.2 Å². The molecule has 3 heteroatoms. The Hall–Kier alpha value is -1.35. The van der Waals surface area contributed by atoms with Crippen molar-refractivity contribution in [3.05, 3.63) is 35.4 Å². The minimum absolute atomic E-state index is 0.0876. The van der Waals surface area contributed by atoms with Crippen LogP contribution in [0.3, 0.4) is 0 Å². The molecular formula is C15H23NO2. The summed E-state index contributed by atoms with van der Waals surface area (Å²) in [6, 6.07) is 8.02. The van der Waals surface area contributed by atoms with Gasteiger partial charge in [-0.3, -0.25) is 4.79 Å². The highest BCUT2D eigenvalue weighted by Gasteiger charge is 2.11. The van der Waals surface area contributed by atoms with Gasteiger partial charge >= 0.3 is 0 Å². The largest absolute Gasteiger partial charge is 0.380 e. The van der Waals surface area contributed by atoms with Gasteiger partial charge in [0.15, 0.2) is 0 Å². The first-order valence-corrected chi connectivity index (χ1v) is 6.52. The molecule has 3 nitrogen and oxygen atoms in total. The molecule has 1 aromatic rings. The molecule has 0 saturated heterocycles. The van der Waals surface area contributed by atoms with Crippen LogP contribution in [0.2, 0.25) is 0 Å². The second-order valence-corrected chi connectivity index (χ2v) is 4.61. The van der Waals surface area contributed by atoms with Crippen molar-refractivity contribution in [3.8, 4) is 0 Å². The summed E-state index contributed by atoms with van der Waals surface area (Å²) in [4.78, 5) is 11.8. The zero-order valence-electron chi connectivity index (χ0n) is 11.5. The summed E-state index contributed by atoms with van der Waals surface area (Å²) < 4.78 is 5.15.